The highest BCUT2D eigenvalue weighted by atomic mass is 35.5. The number of imidazole rings is 1. The molecule has 0 saturated heterocycles. The van der Waals surface area contributed by atoms with Crippen LogP contribution in [0, 0.1) is 6.92 Å². The van der Waals surface area contributed by atoms with Crippen LogP contribution in [0.2, 0.25) is 0 Å². The van der Waals surface area contributed by atoms with Gasteiger partial charge in [0, 0.05) is 17.8 Å². The molecule has 0 aliphatic heterocycles. The topological polar surface area (TPSA) is 64.9 Å². The predicted molar refractivity (Wildman–Crippen MR) is 151 cm³/mol. The number of aryl methyl sites for hydroxylation is 1. The van der Waals surface area contributed by atoms with Crippen molar-refractivity contribution >= 4 is 40.5 Å². The van der Waals surface area contributed by atoms with Gasteiger partial charge in [-0.05, 0) is 37.1 Å². The number of benzene rings is 3. The van der Waals surface area contributed by atoms with Gasteiger partial charge in [-0.25, -0.2) is 9.78 Å². The molecule has 3 aromatic carbocycles. The van der Waals surface area contributed by atoms with Gasteiger partial charge < -0.3 is 14.8 Å². The summed E-state index contributed by atoms with van der Waals surface area (Å²) in [5.41, 5.74) is 4.80. The van der Waals surface area contributed by atoms with Gasteiger partial charge >= 0.3 is 5.97 Å². The first-order chi connectivity index (χ1) is 17.6. The van der Waals surface area contributed by atoms with Crippen molar-refractivity contribution in [1.29, 1.82) is 0 Å². The average Bonchev–Trinajstić information content (AvgIpc) is 3.44. The molecule has 8 heteroatoms. The normalized spacial score (nSPS) is 10.6. The maximum absolute atomic E-state index is 12.5. The molecule has 0 saturated carbocycles. The van der Waals surface area contributed by atoms with Crippen LogP contribution in [0.4, 0.5) is 5.82 Å². The summed E-state index contributed by atoms with van der Waals surface area (Å²) in [6, 6.07) is 28.2. The van der Waals surface area contributed by atoms with Gasteiger partial charge in [-0.15, -0.1) is 12.4 Å². The second-order valence-corrected chi connectivity index (χ2v) is 9.28. The number of halogens is 1. The van der Waals surface area contributed by atoms with E-state index < -0.39 is 0 Å². The number of thiazole rings is 1. The molecule has 5 rings (SSSR count). The maximum atomic E-state index is 12.5. The molecule has 0 unspecified atom stereocenters. The Bertz CT molecular complexity index is 1480. The Labute approximate surface area is 226 Å². The number of fused-ring (bicyclic) bond motifs is 1. The fraction of sp³-hybridized carbons (Fsp3) is 0.172. The molecule has 37 heavy (non-hydrogen) atoms. The van der Waals surface area contributed by atoms with Crippen LogP contribution in [0.1, 0.15) is 33.4 Å². The molecule has 0 atom stereocenters. The van der Waals surface area contributed by atoms with Crippen molar-refractivity contribution in [2.75, 3.05) is 11.9 Å². The van der Waals surface area contributed by atoms with E-state index in [0.29, 0.717) is 24.6 Å². The van der Waals surface area contributed by atoms with Crippen LogP contribution in [-0.4, -0.2) is 22.0 Å². The van der Waals surface area contributed by atoms with Gasteiger partial charge in [0.15, 0.2) is 4.96 Å². The van der Waals surface area contributed by atoms with E-state index in [2.05, 4.69) is 17.4 Å². The van der Waals surface area contributed by atoms with Gasteiger partial charge in [-0.2, -0.15) is 0 Å². The molecule has 0 aliphatic rings. The molecule has 6 nitrogen and oxygen atoms in total. The van der Waals surface area contributed by atoms with E-state index in [1.807, 2.05) is 91.0 Å². The van der Waals surface area contributed by atoms with Crippen LogP contribution < -0.4 is 10.1 Å². The molecule has 1 N–H and O–H groups in total. The van der Waals surface area contributed by atoms with Crippen LogP contribution >= 0.6 is 23.7 Å². The third-order valence-corrected chi connectivity index (χ3v) is 6.95. The first-order valence-corrected chi connectivity index (χ1v) is 12.7. The van der Waals surface area contributed by atoms with E-state index >= 15 is 0 Å². The van der Waals surface area contributed by atoms with E-state index in [4.69, 9.17) is 14.5 Å². The number of ether oxygens (including phenoxy) is 2. The SMILES string of the molecule is CCOC(=O)c1sc2nc(-c3cccc(OCc4ccccc4)c3)c(NCc3ccccc3)n2c1C.Cl. The Morgan fingerprint density at radius 3 is 2.38 bits per heavy atom. The molecule has 0 fully saturated rings. The smallest absolute Gasteiger partial charge is 0.350 e. The maximum Gasteiger partial charge on any atom is 0.350 e. The second-order valence-electron chi connectivity index (χ2n) is 8.31. The van der Waals surface area contributed by atoms with E-state index in [1.165, 1.54) is 11.3 Å². The molecular weight excluding hydrogens is 506 g/mol. The number of carbonyl (C=O) groups excluding carboxylic acids is 1. The number of rotatable bonds is 9. The van der Waals surface area contributed by atoms with Gasteiger partial charge in [0.05, 0.1) is 6.61 Å². The molecule has 5 aromatic rings. The summed E-state index contributed by atoms with van der Waals surface area (Å²) < 4.78 is 13.3. The van der Waals surface area contributed by atoms with Crippen LogP contribution in [0.25, 0.3) is 16.2 Å². The zero-order valence-electron chi connectivity index (χ0n) is 20.6. The van der Waals surface area contributed by atoms with Crippen LogP contribution in [0.5, 0.6) is 5.75 Å². The third kappa shape index (κ3) is 5.79. The lowest BCUT2D eigenvalue weighted by Gasteiger charge is -2.11. The van der Waals surface area contributed by atoms with Gasteiger partial charge in [-0.1, -0.05) is 84.1 Å². The molecular formula is C29H28ClN3O3S. The number of hydrogen-bond acceptors (Lipinski definition) is 6. The number of hydrogen-bond donors (Lipinski definition) is 1. The van der Waals surface area contributed by atoms with E-state index in [-0.39, 0.29) is 18.4 Å². The van der Waals surface area contributed by atoms with Gasteiger partial charge in [0.1, 0.15) is 28.7 Å². The number of nitrogens with one attached hydrogen (secondary N) is 1. The van der Waals surface area contributed by atoms with Crippen molar-refractivity contribution in [2.24, 2.45) is 0 Å². The highest BCUT2D eigenvalue weighted by Gasteiger charge is 2.23. The van der Waals surface area contributed by atoms with Gasteiger partial charge in [0.2, 0.25) is 0 Å². The molecule has 0 amide bonds. The lowest BCUT2D eigenvalue weighted by molar-refractivity contribution is 0.0531. The minimum Gasteiger partial charge on any atom is -0.489 e. The highest BCUT2D eigenvalue weighted by molar-refractivity contribution is 7.19. The number of aromatic nitrogens is 2. The molecule has 0 aliphatic carbocycles. The van der Waals surface area contributed by atoms with Crippen molar-refractivity contribution in [3.63, 3.8) is 0 Å². The van der Waals surface area contributed by atoms with Crippen molar-refractivity contribution in [3.05, 3.63) is 107 Å². The zero-order chi connectivity index (χ0) is 24.9. The molecule has 190 valence electrons. The van der Waals surface area contributed by atoms with E-state index in [9.17, 15) is 4.79 Å². The summed E-state index contributed by atoms with van der Waals surface area (Å²) in [5, 5.41) is 3.57. The Balaban J connectivity index is 0.00000320. The number of esters is 1. The van der Waals surface area contributed by atoms with Gasteiger partial charge in [0.25, 0.3) is 0 Å². The van der Waals surface area contributed by atoms with Gasteiger partial charge in [-0.3, -0.25) is 4.40 Å². The Morgan fingerprint density at radius 1 is 0.973 bits per heavy atom. The monoisotopic (exact) mass is 533 g/mol. The Morgan fingerprint density at radius 2 is 1.68 bits per heavy atom. The Kier molecular flexibility index (Phi) is 8.48. The second kappa shape index (κ2) is 12.0. The van der Waals surface area contributed by atoms with Crippen LogP contribution in [0.3, 0.4) is 0 Å². The molecule has 0 bridgehead atoms. The van der Waals surface area contributed by atoms with Crippen molar-refractivity contribution in [1.82, 2.24) is 9.38 Å². The summed E-state index contributed by atoms with van der Waals surface area (Å²) in [5.74, 6) is 1.28. The quantitative estimate of drug-likeness (QED) is 0.204. The van der Waals surface area contributed by atoms with E-state index in [1.54, 1.807) is 0 Å². The first-order valence-electron chi connectivity index (χ1n) is 11.9. The predicted octanol–water partition coefficient (Wildman–Crippen LogP) is 7.16. The van der Waals surface area contributed by atoms with Crippen LogP contribution in [0.15, 0.2) is 84.9 Å². The largest absolute Gasteiger partial charge is 0.489 e. The number of anilines is 1. The number of nitrogens with zero attached hydrogens (tertiary/aromatic N) is 2. The van der Waals surface area contributed by atoms with Crippen LogP contribution in [-0.2, 0) is 17.9 Å². The fourth-order valence-electron chi connectivity index (χ4n) is 4.05. The molecule has 0 spiro atoms. The third-order valence-electron chi connectivity index (χ3n) is 5.82. The summed E-state index contributed by atoms with van der Waals surface area (Å²) in [6.45, 7) is 5.18. The minimum atomic E-state index is -0.322. The Hall–Kier alpha value is -3.81. The molecule has 2 heterocycles. The van der Waals surface area contributed by atoms with Crippen molar-refractivity contribution in [2.45, 2.75) is 27.0 Å². The standard InChI is InChI=1S/C29H27N3O3S.ClH/c1-3-34-28(33)26-20(2)32-27(30-18-21-11-6-4-7-12-21)25(31-29(32)36-26)23-15-10-16-24(17-23)35-19-22-13-8-5-9-14-22;/h4-17,30H,3,18-19H2,1-2H3;1H. The van der Waals surface area contributed by atoms with Crippen molar-refractivity contribution in [3.8, 4) is 17.0 Å². The number of carbonyl (C=O) groups is 1. The lowest BCUT2D eigenvalue weighted by atomic mass is 10.1. The average molecular weight is 534 g/mol. The highest BCUT2D eigenvalue weighted by Crippen LogP contribution is 2.36. The van der Waals surface area contributed by atoms with Crippen molar-refractivity contribution < 1.29 is 14.3 Å². The summed E-state index contributed by atoms with van der Waals surface area (Å²) in [7, 11) is 0. The first kappa shape index (κ1) is 26.3. The molecule has 0 radical (unpaired) electrons. The molecule has 2 aromatic heterocycles. The zero-order valence-corrected chi connectivity index (χ0v) is 22.3. The van der Waals surface area contributed by atoms with E-state index in [0.717, 1.165) is 44.6 Å². The summed E-state index contributed by atoms with van der Waals surface area (Å²) in [6.07, 6.45) is 0. The lowest BCUT2D eigenvalue weighted by Crippen LogP contribution is -2.07. The summed E-state index contributed by atoms with van der Waals surface area (Å²) in [4.78, 5) is 18.8. The summed E-state index contributed by atoms with van der Waals surface area (Å²) >= 11 is 1.34. The minimum absolute atomic E-state index is 0. The fourth-order valence-corrected chi connectivity index (χ4v) is 5.07.